The number of anilines is 1. The second kappa shape index (κ2) is 7.17. The Labute approximate surface area is 154 Å². The van der Waals surface area contributed by atoms with Gasteiger partial charge in [0.1, 0.15) is 16.9 Å². The van der Waals surface area contributed by atoms with Crippen LogP contribution in [0.1, 0.15) is 22.5 Å². The van der Waals surface area contributed by atoms with Crippen molar-refractivity contribution in [3.8, 4) is 5.75 Å². The van der Waals surface area contributed by atoms with Crippen LogP contribution < -0.4 is 10.1 Å². The van der Waals surface area contributed by atoms with E-state index in [0.29, 0.717) is 34.4 Å². The van der Waals surface area contributed by atoms with Gasteiger partial charge < -0.3 is 15.0 Å². The fourth-order valence-corrected chi connectivity index (χ4v) is 3.73. The predicted molar refractivity (Wildman–Crippen MR) is 97.8 cm³/mol. The van der Waals surface area contributed by atoms with Gasteiger partial charge in [-0.2, -0.15) is 4.37 Å². The first-order chi connectivity index (χ1) is 11.5. The quantitative estimate of drug-likeness (QED) is 0.860. The lowest BCUT2D eigenvalue weighted by molar-refractivity contribution is 0.0773. The number of carbonyl (C=O) groups is 1. The number of hydrogen-bond acceptors (Lipinski definition) is 5. The summed E-state index contributed by atoms with van der Waals surface area (Å²) in [5, 5.41) is 4.78. The number of aromatic nitrogens is 1. The molecule has 0 aliphatic carbocycles. The molecule has 5 nitrogen and oxygen atoms in total. The first-order valence-corrected chi connectivity index (χ1v) is 9.07. The minimum atomic E-state index is -0.0591. The van der Waals surface area contributed by atoms with Crippen molar-refractivity contribution in [2.24, 2.45) is 0 Å². The standard InChI is InChI=1S/C16H17Cl2N3O2S/c1-9-14(15(19-2)24-20-9)16(22)21-6-5-11(8-21)23-10-3-4-12(17)13(18)7-10/h3-4,7,11,19H,5-6,8H2,1-2H3. The van der Waals surface area contributed by atoms with Crippen LogP contribution in [0.15, 0.2) is 18.2 Å². The predicted octanol–water partition coefficient (Wildman–Crippen LogP) is 4.09. The normalized spacial score (nSPS) is 17.2. The highest BCUT2D eigenvalue weighted by atomic mass is 35.5. The first kappa shape index (κ1) is 17.3. The van der Waals surface area contributed by atoms with Crippen molar-refractivity contribution in [2.75, 3.05) is 25.5 Å². The van der Waals surface area contributed by atoms with Gasteiger partial charge in [-0.25, -0.2) is 0 Å². The molecule has 2 aromatic rings. The van der Waals surface area contributed by atoms with Gasteiger partial charge in [-0.3, -0.25) is 4.79 Å². The summed E-state index contributed by atoms with van der Waals surface area (Å²) in [5.74, 6) is 0.652. The van der Waals surface area contributed by atoms with Gasteiger partial charge in [0.25, 0.3) is 5.91 Å². The Morgan fingerprint density at radius 2 is 2.21 bits per heavy atom. The van der Waals surface area contributed by atoms with E-state index in [0.717, 1.165) is 17.1 Å². The number of benzene rings is 1. The highest BCUT2D eigenvalue weighted by Crippen LogP contribution is 2.30. The Bertz CT molecular complexity index is 766. The topological polar surface area (TPSA) is 54.5 Å². The summed E-state index contributed by atoms with van der Waals surface area (Å²) in [7, 11) is 1.80. The maximum Gasteiger partial charge on any atom is 0.258 e. The van der Waals surface area contributed by atoms with E-state index in [1.54, 1.807) is 30.1 Å². The van der Waals surface area contributed by atoms with Gasteiger partial charge >= 0.3 is 0 Å². The van der Waals surface area contributed by atoms with Gasteiger partial charge in [0.05, 0.1) is 27.8 Å². The number of ether oxygens (including phenoxy) is 1. The van der Waals surface area contributed by atoms with Crippen LogP contribution in [0.3, 0.4) is 0 Å². The molecule has 8 heteroatoms. The molecule has 1 atom stereocenters. The molecular formula is C16H17Cl2N3O2S. The Balaban J connectivity index is 1.67. The summed E-state index contributed by atoms with van der Waals surface area (Å²) in [4.78, 5) is 14.6. The molecule has 1 fully saturated rings. The Hall–Kier alpha value is -1.50. The van der Waals surface area contributed by atoms with Crippen molar-refractivity contribution < 1.29 is 9.53 Å². The van der Waals surface area contributed by atoms with Crippen LogP contribution in [0.25, 0.3) is 0 Å². The van der Waals surface area contributed by atoms with Crippen molar-refractivity contribution >= 4 is 45.6 Å². The van der Waals surface area contributed by atoms with Gasteiger partial charge in [-0.1, -0.05) is 23.2 Å². The number of hydrogen-bond donors (Lipinski definition) is 1. The summed E-state index contributed by atoms with van der Waals surface area (Å²) >= 11 is 13.2. The minimum Gasteiger partial charge on any atom is -0.488 e. The molecule has 1 amide bonds. The van der Waals surface area contributed by atoms with Gasteiger partial charge in [-0.15, -0.1) is 0 Å². The fourth-order valence-electron chi connectivity index (χ4n) is 2.70. The van der Waals surface area contributed by atoms with Crippen LogP contribution in [-0.4, -0.2) is 41.4 Å². The lowest BCUT2D eigenvalue weighted by Crippen LogP contribution is -2.31. The monoisotopic (exact) mass is 385 g/mol. The fraction of sp³-hybridized carbons (Fsp3) is 0.375. The van der Waals surface area contributed by atoms with E-state index in [-0.39, 0.29) is 12.0 Å². The third kappa shape index (κ3) is 3.45. The van der Waals surface area contributed by atoms with Crippen LogP contribution in [-0.2, 0) is 0 Å². The van der Waals surface area contributed by atoms with E-state index in [1.165, 1.54) is 11.5 Å². The summed E-state index contributed by atoms with van der Waals surface area (Å²) in [5.41, 5.74) is 1.40. The zero-order chi connectivity index (χ0) is 17.3. The largest absolute Gasteiger partial charge is 0.488 e. The molecule has 0 radical (unpaired) electrons. The average Bonchev–Trinajstić information content (AvgIpc) is 3.17. The lowest BCUT2D eigenvalue weighted by Gasteiger charge is -2.18. The molecule has 0 bridgehead atoms. The number of nitrogens with zero attached hydrogens (tertiary/aromatic N) is 2. The number of halogens is 2. The third-order valence-corrected chi connectivity index (χ3v) is 5.62. The number of nitrogens with one attached hydrogen (secondary N) is 1. The summed E-state index contributed by atoms with van der Waals surface area (Å²) in [6, 6.07) is 5.18. The Morgan fingerprint density at radius 3 is 2.92 bits per heavy atom. The second-order valence-electron chi connectivity index (χ2n) is 5.58. The molecule has 2 heterocycles. The molecule has 1 aliphatic rings. The summed E-state index contributed by atoms with van der Waals surface area (Å²) in [6.45, 7) is 3.05. The number of likely N-dealkylation sites (tertiary alicyclic amines) is 1. The molecule has 1 saturated heterocycles. The zero-order valence-corrected chi connectivity index (χ0v) is 15.6. The number of amides is 1. The Kier molecular flexibility index (Phi) is 5.18. The van der Waals surface area contributed by atoms with Crippen molar-refractivity contribution in [2.45, 2.75) is 19.4 Å². The Morgan fingerprint density at radius 1 is 1.42 bits per heavy atom. The lowest BCUT2D eigenvalue weighted by atomic mass is 10.2. The molecule has 1 unspecified atom stereocenters. The van der Waals surface area contributed by atoms with Crippen molar-refractivity contribution in [3.63, 3.8) is 0 Å². The smallest absolute Gasteiger partial charge is 0.258 e. The molecule has 24 heavy (non-hydrogen) atoms. The van der Waals surface area contributed by atoms with Crippen LogP contribution >= 0.6 is 34.7 Å². The SMILES string of the molecule is CNc1snc(C)c1C(=O)N1CCC(Oc2ccc(Cl)c(Cl)c2)C1. The molecule has 1 aliphatic heterocycles. The van der Waals surface area contributed by atoms with Gasteiger partial charge in [0, 0.05) is 26.1 Å². The third-order valence-electron chi connectivity index (χ3n) is 3.93. The highest BCUT2D eigenvalue weighted by molar-refractivity contribution is 7.10. The molecular weight excluding hydrogens is 369 g/mol. The van der Waals surface area contributed by atoms with Crippen molar-refractivity contribution in [3.05, 3.63) is 39.5 Å². The van der Waals surface area contributed by atoms with Gasteiger partial charge in [0.15, 0.2) is 0 Å². The van der Waals surface area contributed by atoms with E-state index in [9.17, 15) is 4.79 Å². The maximum atomic E-state index is 12.8. The van der Waals surface area contributed by atoms with Crippen LogP contribution in [0.2, 0.25) is 10.0 Å². The van der Waals surface area contributed by atoms with E-state index in [2.05, 4.69) is 9.69 Å². The molecule has 3 rings (SSSR count). The number of aryl methyl sites for hydroxylation is 1. The van der Waals surface area contributed by atoms with E-state index in [1.807, 2.05) is 6.92 Å². The molecule has 1 aromatic heterocycles. The van der Waals surface area contributed by atoms with Crippen molar-refractivity contribution in [1.29, 1.82) is 0 Å². The van der Waals surface area contributed by atoms with Crippen LogP contribution in [0, 0.1) is 6.92 Å². The maximum absolute atomic E-state index is 12.8. The van der Waals surface area contributed by atoms with Crippen molar-refractivity contribution in [1.82, 2.24) is 9.27 Å². The summed E-state index contributed by atoms with van der Waals surface area (Å²) < 4.78 is 10.2. The van der Waals surface area contributed by atoms with Crippen LogP contribution in [0.4, 0.5) is 5.00 Å². The zero-order valence-electron chi connectivity index (χ0n) is 13.3. The van der Waals surface area contributed by atoms with Crippen LogP contribution in [0.5, 0.6) is 5.75 Å². The molecule has 0 spiro atoms. The number of rotatable bonds is 4. The second-order valence-corrected chi connectivity index (χ2v) is 7.17. The van der Waals surface area contributed by atoms with Gasteiger partial charge in [0.2, 0.25) is 0 Å². The minimum absolute atomic E-state index is 0.00848. The highest BCUT2D eigenvalue weighted by Gasteiger charge is 2.31. The number of carbonyl (C=O) groups excluding carboxylic acids is 1. The molecule has 1 N–H and O–H groups in total. The molecule has 0 saturated carbocycles. The van der Waals surface area contributed by atoms with E-state index in [4.69, 9.17) is 27.9 Å². The first-order valence-electron chi connectivity index (χ1n) is 7.54. The molecule has 1 aromatic carbocycles. The van der Waals surface area contributed by atoms with E-state index < -0.39 is 0 Å². The van der Waals surface area contributed by atoms with E-state index >= 15 is 0 Å². The molecule has 128 valence electrons. The average molecular weight is 386 g/mol. The van der Waals surface area contributed by atoms with Gasteiger partial charge in [-0.05, 0) is 30.6 Å². The summed E-state index contributed by atoms with van der Waals surface area (Å²) in [6.07, 6.45) is 0.716.